The van der Waals surface area contributed by atoms with E-state index in [1.54, 1.807) is 0 Å². The molecule has 0 fully saturated rings. The zero-order chi connectivity index (χ0) is 17.4. The number of nitrogens with one attached hydrogen (secondary N) is 1. The summed E-state index contributed by atoms with van der Waals surface area (Å²) in [6, 6.07) is 18.1. The van der Waals surface area contributed by atoms with Gasteiger partial charge in [0.2, 0.25) is 0 Å². The maximum absolute atomic E-state index is 4.54. The lowest BCUT2D eigenvalue weighted by molar-refractivity contribution is 0.792. The Morgan fingerprint density at radius 3 is 2.32 bits per heavy atom. The molecule has 0 aliphatic heterocycles. The molecule has 0 atom stereocenters. The van der Waals surface area contributed by atoms with E-state index < -0.39 is 0 Å². The molecule has 2 heterocycles. The van der Waals surface area contributed by atoms with Crippen LogP contribution in [-0.4, -0.2) is 20.0 Å². The van der Waals surface area contributed by atoms with Gasteiger partial charge in [0.25, 0.3) is 0 Å². The number of aryl methyl sites for hydroxylation is 2. The van der Waals surface area contributed by atoms with E-state index in [1.165, 1.54) is 0 Å². The van der Waals surface area contributed by atoms with Gasteiger partial charge in [0.1, 0.15) is 0 Å². The minimum atomic E-state index is 0.725. The van der Waals surface area contributed by atoms with Crippen molar-refractivity contribution in [3.63, 3.8) is 0 Å². The first-order chi connectivity index (χ1) is 12.1. The summed E-state index contributed by atoms with van der Waals surface area (Å²) in [4.78, 5) is 0. The zero-order valence-corrected chi connectivity index (χ0v) is 15.4. The van der Waals surface area contributed by atoms with E-state index in [2.05, 4.69) is 36.5 Å². The Kier molecular flexibility index (Phi) is 3.97. The maximum Gasteiger partial charge on any atom is 0.183 e. The third kappa shape index (κ3) is 3.00. The quantitative estimate of drug-likeness (QED) is 0.535. The Morgan fingerprint density at radius 2 is 1.64 bits per heavy atom. The monoisotopic (exact) mass is 393 g/mol. The van der Waals surface area contributed by atoms with Crippen molar-refractivity contribution in [3.8, 4) is 5.82 Å². The Morgan fingerprint density at radius 1 is 0.920 bits per heavy atom. The highest BCUT2D eigenvalue weighted by molar-refractivity contribution is 9.10. The van der Waals surface area contributed by atoms with Crippen LogP contribution in [0.4, 0.5) is 11.5 Å². The summed E-state index contributed by atoms with van der Waals surface area (Å²) in [5, 5.41) is 18.8. The summed E-state index contributed by atoms with van der Waals surface area (Å²) in [5.74, 6) is 1.46. The van der Waals surface area contributed by atoms with Crippen molar-refractivity contribution < 1.29 is 0 Å². The molecule has 0 saturated heterocycles. The smallest absolute Gasteiger partial charge is 0.183 e. The number of fused-ring (bicyclic) bond motifs is 1. The molecule has 0 bridgehead atoms. The lowest BCUT2D eigenvalue weighted by Gasteiger charge is -2.12. The van der Waals surface area contributed by atoms with E-state index in [-0.39, 0.29) is 0 Å². The molecule has 0 aliphatic carbocycles. The topological polar surface area (TPSA) is 55.6 Å². The van der Waals surface area contributed by atoms with Gasteiger partial charge in [-0.05, 0) is 44.2 Å². The molecule has 5 nitrogen and oxygen atoms in total. The lowest BCUT2D eigenvalue weighted by atomic mass is 10.1. The molecule has 2 aromatic carbocycles. The molecule has 0 aliphatic rings. The lowest BCUT2D eigenvalue weighted by Crippen LogP contribution is -2.06. The minimum absolute atomic E-state index is 0.725. The number of hydrogen-bond acceptors (Lipinski definition) is 4. The van der Waals surface area contributed by atoms with Gasteiger partial charge in [-0.2, -0.15) is 5.10 Å². The van der Waals surface area contributed by atoms with Gasteiger partial charge in [-0.3, -0.25) is 0 Å². The number of anilines is 2. The number of halogens is 1. The van der Waals surface area contributed by atoms with Crippen molar-refractivity contribution in [2.75, 3.05) is 5.32 Å². The van der Waals surface area contributed by atoms with Crippen LogP contribution in [0, 0.1) is 13.8 Å². The summed E-state index contributed by atoms with van der Waals surface area (Å²) in [6.45, 7) is 3.99. The molecule has 0 amide bonds. The SMILES string of the molecule is Cc1cc(C)n(-c2nnc(Nc3ccc(Br)cc3)c3ccccc23)n1. The molecule has 0 saturated carbocycles. The van der Waals surface area contributed by atoms with Crippen LogP contribution in [0.1, 0.15) is 11.4 Å². The molecule has 0 spiro atoms. The van der Waals surface area contributed by atoms with Gasteiger partial charge >= 0.3 is 0 Å². The zero-order valence-electron chi connectivity index (χ0n) is 13.9. The number of nitrogens with zero attached hydrogens (tertiary/aromatic N) is 4. The molecule has 4 rings (SSSR count). The van der Waals surface area contributed by atoms with Crippen molar-refractivity contribution >= 4 is 38.2 Å². The third-order valence-corrected chi connectivity index (χ3v) is 4.51. The summed E-state index contributed by atoms with van der Waals surface area (Å²) in [7, 11) is 0. The molecule has 0 unspecified atom stereocenters. The second-order valence-electron chi connectivity index (χ2n) is 5.89. The molecule has 4 aromatic rings. The van der Waals surface area contributed by atoms with Crippen LogP contribution in [-0.2, 0) is 0 Å². The minimum Gasteiger partial charge on any atom is -0.338 e. The highest BCUT2D eigenvalue weighted by Crippen LogP contribution is 2.28. The van der Waals surface area contributed by atoms with E-state index in [0.29, 0.717) is 0 Å². The van der Waals surface area contributed by atoms with Crippen LogP contribution < -0.4 is 5.32 Å². The van der Waals surface area contributed by atoms with Crippen molar-refractivity contribution in [1.29, 1.82) is 0 Å². The van der Waals surface area contributed by atoms with Gasteiger partial charge in [0, 0.05) is 26.6 Å². The average Bonchev–Trinajstić information content (AvgIpc) is 2.95. The Labute approximate surface area is 153 Å². The van der Waals surface area contributed by atoms with Crippen molar-refractivity contribution in [2.24, 2.45) is 0 Å². The van der Waals surface area contributed by atoms with Gasteiger partial charge in [-0.1, -0.05) is 40.2 Å². The van der Waals surface area contributed by atoms with Gasteiger partial charge in [-0.15, -0.1) is 10.2 Å². The van der Waals surface area contributed by atoms with Gasteiger partial charge < -0.3 is 5.32 Å². The molecule has 0 radical (unpaired) electrons. The van der Waals surface area contributed by atoms with Crippen LogP contribution >= 0.6 is 15.9 Å². The first-order valence-corrected chi connectivity index (χ1v) is 8.73. The first kappa shape index (κ1) is 15.8. The Hall–Kier alpha value is -2.73. The standard InChI is InChI=1S/C19H16BrN5/c1-12-11-13(2)25(24-12)19-17-6-4-3-5-16(17)18(22-23-19)21-15-9-7-14(20)8-10-15/h3-11H,1-2H3,(H,21,22). The Balaban J connectivity index is 1.84. The summed E-state index contributed by atoms with van der Waals surface area (Å²) in [5.41, 5.74) is 2.95. The normalized spacial score (nSPS) is 11.0. The first-order valence-electron chi connectivity index (χ1n) is 7.93. The van der Waals surface area contributed by atoms with Crippen molar-refractivity contribution in [3.05, 3.63) is 70.5 Å². The summed E-state index contributed by atoms with van der Waals surface area (Å²) in [6.07, 6.45) is 0. The van der Waals surface area contributed by atoms with Crippen molar-refractivity contribution in [1.82, 2.24) is 20.0 Å². The molecule has 124 valence electrons. The summed E-state index contributed by atoms with van der Waals surface area (Å²) >= 11 is 3.45. The second kappa shape index (κ2) is 6.29. The van der Waals surface area contributed by atoms with E-state index in [1.807, 2.05) is 73.1 Å². The van der Waals surface area contributed by atoms with E-state index >= 15 is 0 Å². The van der Waals surface area contributed by atoms with Crippen LogP contribution in [0.15, 0.2) is 59.1 Å². The Bertz CT molecular complexity index is 1050. The fraction of sp³-hybridized carbons (Fsp3) is 0.105. The average molecular weight is 394 g/mol. The fourth-order valence-electron chi connectivity index (χ4n) is 2.85. The summed E-state index contributed by atoms with van der Waals surface area (Å²) < 4.78 is 2.88. The predicted octanol–water partition coefficient (Wildman–Crippen LogP) is 4.94. The third-order valence-electron chi connectivity index (χ3n) is 3.98. The van der Waals surface area contributed by atoms with Gasteiger partial charge in [0.15, 0.2) is 11.6 Å². The number of aromatic nitrogens is 4. The van der Waals surface area contributed by atoms with Gasteiger partial charge in [0.05, 0.1) is 5.69 Å². The molecule has 6 heteroatoms. The largest absolute Gasteiger partial charge is 0.338 e. The van der Waals surface area contributed by atoms with Crippen LogP contribution in [0.2, 0.25) is 0 Å². The highest BCUT2D eigenvalue weighted by atomic mass is 79.9. The number of hydrogen-bond donors (Lipinski definition) is 1. The van der Waals surface area contributed by atoms with E-state index in [9.17, 15) is 0 Å². The molecule has 25 heavy (non-hydrogen) atoms. The highest BCUT2D eigenvalue weighted by Gasteiger charge is 2.13. The van der Waals surface area contributed by atoms with Gasteiger partial charge in [-0.25, -0.2) is 4.68 Å². The fourth-order valence-corrected chi connectivity index (χ4v) is 3.12. The second-order valence-corrected chi connectivity index (χ2v) is 6.80. The molecule has 1 N–H and O–H groups in total. The molecule has 2 aromatic heterocycles. The number of rotatable bonds is 3. The number of benzene rings is 2. The molecular weight excluding hydrogens is 378 g/mol. The van der Waals surface area contributed by atoms with Crippen molar-refractivity contribution in [2.45, 2.75) is 13.8 Å². The van der Waals surface area contributed by atoms with Crippen LogP contribution in [0.5, 0.6) is 0 Å². The van der Waals surface area contributed by atoms with Crippen LogP contribution in [0.3, 0.4) is 0 Å². The predicted molar refractivity (Wildman–Crippen MR) is 104 cm³/mol. The van der Waals surface area contributed by atoms with Crippen LogP contribution in [0.25, 0.3) is 16.6 Å². The van der Waals surface area contributed by atoms with E-state index in [0.717, 1.165) is 44.0 Å². The molecular formula is C19H16BrN5. The van der Waals surface area contributed by atoms with E-state index in [4.69, 9.17) is 0 Å². The maximum atomic E-state index is 4.54.